The van der Waals surface area contributed by atoms with E-state index in [-0.39, 0.29) is 29.1 Å². The second-order valence-corrected chi connectivity index (χ2v) is 8.64. The molecule has 34 heavy (non-hydrogen) atoms. The molecule has 0 saturated heterocycles. The number of hydrogen-bond acceptors (Lipinski definition) is 6. The Labute approximate surface area is 204 Å². The van der Waals surface area contributed by atoms with Crippen LogP contribution in [0, 0.1) is 26.6 Å². The molecule has 1 amide bonds. The molecule has 0 radical (unpaired) electrons. The number of rotatable bonds is 8. The summed E-state index contributed by atoms with van der Waals surface area (Å²) in [6.07, 6.45) is -1.07. The third kappa shape index (κ3) is 5.69. The molecule has 0 spiro atoms. The quantitative estimate of drug-likeness (QED) is 0.410. The standard InChI is InChI=1S/C24H25BrFN3O5/c1-13-4-6-17(19(26)8-13)12-34-23-21(25)24(33)29(15(3)28-23)20-9-16(7-5-14(20)2)22(32)27-10-18(31)11-30/h4-9,18,30-31H,10-12H2,1-3H3,(H,27,32)/t18-/m1/s1. The van der Waals surface area contributed by atoms with E-state index in [0.29, 0.717) is 17.1 Å². The van der Waals surface area contributed by atoms with Crippen LogP contribution in [0.1, 0.15) is 32.9 Å². The summed E-state index contributed by atoms with van der Waals surface area (Å²) in [4.78, 5) is 30.0. The number of ether oxygens (including phenoxy) is 1. The lowest BCUT2D eigenvalue weighted by Crippen LogP contribution is -2.34. The highest BCUT2D eigenvalue weighted by Crippen LogP contribution is 2.24. The van der Waals surface area contributed by atoms with Gasteiger partial charge in [0.15, 0.2) is 0 Å². The van der Waals surface area contributed by atoms with Gasteiger partial charge in [-0.3, -0.25) is 14.2 Å². The Morgan fingerprint density at radius 3 is 2.65 bits per heavy atom. The van der Waals surface area contributed by atoms with E-state index in [4.69, 9.17) is 9.84 Å². The van der Waals surface area contributed by atoms with E-state index in [1.165, 1.54) is 10.6 Å². The Hall–Kier alpha value is -3.08. The Kier molecular flexibility index (Phi) is 8.19. The number of hydrogen-bond donors (Lipinski definition) is 3. The molecular weight excluding hydrogens is 509 g/mol. The van der Waals surface area contributed by atoms with E-state index in [1.807, 2.05) is 0 Å². The minimum Gasteiger partial charge on any atom is -0.472 e. The van der Waals surface area contributed by atoms with Crippen LogP contribution in [0.3, 0.4) is 0 Å². The zero-order valence-electron chi connectivity index (χ0n) is 18.9. The summed E-state index contributed by atoms with van der Waals surface area (Å²) in [7, 11) is 0. The lowest BCUT2D eigenvalue weighted by molar-refractivity contribution is 0.0802. The van der Waals surface area contributed by atoms with Crippen molar-refractivity contribution in [1.82, 2.24) is 14.9 Å². The van der Waals surface area contributed by atoms with Gasteiger partial charge in [0.1, 0.15) is 22.7 Å². The van der Waals surface area contributed by atoms with Crippen molar-refractivity contribution >= 4 is 21.8 Å². The summed E-state index contributed by atoms with van der Waals surface area (Å²) in [6, 6.07) is 9.62. The first kappa shape index (κ1) is 25.5. The predicted molar refractivity (Wildman–Crippen MR) is 128 cm³/mol. The van der Waals surface area contributed by atoms with Crippen LogP contribution in [0.4, 0.5) is 4.39 Å². The predicted octanol–water partition coefficient (Wildman–Crippen LogP) is 2.72. The van der Waals surface area contributed by atoms with Crippen LogP contribution < -0.4 is 15.6 Å². The highest BCUT2D eigenvalue weighted by molar-refractivity contribution is 9.10. The second-order valence-electron chi connectivity index (χ2n) is 7.85. The maximum absolute atomic E-state index is 14.1. The average molecular weight is 534 g/mol. The van der Waals surface area contributed by atoms with E-state index in [0.717, 1.165) is 11.1 Å². The number of benzene rings is 2. The fourth-order valence-corrected chi connectivity index (χ4v) is 3.63. The summed E-state index contributed by atoms with van der Waals surface area (Å²) >= 11 is 3.24. The molecule has 0 aliphatic rings. The van der Waals surface area contributed by atoms with Crippen molar-refractivity contribution in [2.75, 3.05) is 13.2 Å². The molecule has 0 bridgehead atoms. The number of nitrogens with zero attached hydrogens (tertiary/aromatic N) is 2. The minimum absolute atomic E-state index is 0.0308. The average Bonchev–Trinajstić information content (AvgIpc) is 2.80. The number of aromatic nitrogens is 2. The number of halogens is 2. The molecule has 8 nitrogen and oxygen atoms in total. The number of aliphatic hydroxyl groups excluding tert-OH is 2. The van der Waals surface area contributed by atoms with Crippen LogP contribution >= 0.6 is 15.9 Å². The van der Waals surface area contributed by atoms with Gasteiger partial charge in [0.25, 0.3) is 11.5 Å². The zero-order chi connectivity index (χ0) is 25.0. The summed E-state index contributed by atoms with van der Waals surface area (Å²) in [5.41, 5.74) is 2.10. The normalized spacial score (nSPS) is 11.9. The van der Waals surface area contributed by atoms with E-state index in [1.54, 1.807) is 51.1 Å². The van der Waals surface area contributed by atoms with Crippen molar-refractivity contribution in [3.63, 3.8) is 0 Å². The number of amides is 1. The summed E-state index contributed by atoms with van der Waals surface area (Å²) in [5, 5.41) is 20.9. The van der Waals surface area contributed by atoms with Gasteiger partial charge in [-0.2, -0.15) is 4.98 Å². The zero-order valence-corrected chi connectivity index (χ0v) is 20.5. The van der Waals surface area contributed by atoms with E-state index in [2.05, 4.69) is 26.2 Å². The van der Waals surface area contributed by atoms with Crippen LogP contribution in [0.15, 0.2) is 45.7 Å². The van der Waals surface area contributed by atoms with Crippen LogP contribution in [-0.4, -0.2) is 44.9 Å². The Balaban J connectivity index is 1.91. The van der Waals surface area contributed by atoms with Gasteiger partial charge in [-0.05, 0) is 66.0 Å². The molecule has 0 aliphatic carbocycles. The fourth-order valence-electron chi connectivity index (χ4n) is 3.25. The van der Waals surface area contributed by atoms with Gasteiger partial charge in [0.2, 0.25) is 5.88 Å². The van der Waals surface area contributed by atoms with Crippen LogP contribution in [0.2, 0.25) is 0 Å². The molecule has 1 heterocycles. The Morgan fingerprint density at radius 2 is 1.97 bits per heavy atom. The fraction of sp³-hybridized carbons (Fsp3) is 0.292. The topological polar surface area (TPSA) is 114 Å². The summed E-state index contributed by atoms with van der Waals surface area (Å²) < 4.78 is 21.2. The molecule has 3 N–H and O–H groups in total. The lowest BCUT2D eigenvalue weighted by atomic mass is 10.1. The third-order valence-electron chi connectivity index (χ3n) is 5.16. The van der Waals surface area contributed by atoms with Gasteiger partial charge in [0, 0.05) is 17.7 Å². The molecular formula is C24H25BrFN3O5. The molecule has 0 aliphatic heterocycles. The Bertz CT molecular complexity index is 1280. The van der Waals surface area contributed by atoms with Crippen molar-refractivity contribution in [2.24, 2.45) is 0 Å². The summed E-state index contributed by atoms with van der Waals surface area (Å²) in [5.74, 6) is -0.530. The van der Waals surface area contributed by atoms with Crippen LogP contribution in [0.25, 0.3) is 5.69 Å². The number of aliphatic hydroxyl groups is 2. The number of carbonyl (C=O) groups excluding carboxylic acids is 1. The number of aryl methyl sites for hydroxylation is 3. The molecule has 10 heteroatoms. The molecule has 0 saturated carbocycles. The van der Waals surface area contributed by atoms with Gasteiger partial charge in [-0.1, -0.05) is 18.2 Å². The molecule has 0 unspecified atom stereocenters. The van der Waals surface area contributed by atoms with Crippen molar-refractivity contribution < 1.29 is 24.1 Å². The second kappa shape index (κ2) is 10.9. The largest absolute Gasteiger partial charge is 0.472 e. The SMILES string of the molecule is Cc1ccc(COc2nc(C)n(-c3cc(C(=O)NC[C@@H](O)CO)ccc3C)c(=O)c2Br)c(F)c1. The first-order valence-electron chi connectivity index (χ1n) is 10.5. The lowest BCUT2D eigenvalue weighted by Gasteiger charge is -2.16. The van der Waals surface area contributed by atoms with Gasteiger partial charge in [-0.15, -0.1) is 0 Å². The monoisotopic (exact) mass is 533 g/mol. The third-order valence-corrected chi connectivity index (χ3v) is 5.84. The van der Waals surface area contributed by atoms with E-state index < -0.39 is 30.0 Å². The number of carbonyl (C=O) groups is 1. The molecule has 3 aromatic rings. The van der Waals surface area contributed by atoms with Crippen LogP contribution in [0.5, 0.6) is 5.88 Å². The molecule has 180 valence electrons. The van der Waals surface area contributed by atoms with Gasteiger partial charge in [-0.25, -0.2) is 4.39 Å². The van der Waals surface area contributed by atoms with E-state index in [9.17, 15) is 19.1 Å². The maximum atomic E-state index is 14.1. The Morgan fingerprint density at radius 1 is 1.24 bits per heavy atom. The smallest absolute Gasteiger partial charge is 0.276 e. The van der Waals surface area contributed by atoms with Crippen LogP contribution in [-0.2, 0) is 6.61 Å². The highest BCUT2D eigenvalue weighted by atomic mass is 79.9. The first-order valence-corrected chi connectivity index (χ1v) is 11.3. The van der Waals surface area contributed by atoms with Crippen molar-refractivity contribution in [1.29, 1.82) is 0 Å². The first-order chi connectivity index (χ1) is 16.1. The molecule has 0 fully saturated rings. The van der Waals surface area contributed by atoms with Gasteiger partial charge in [0.05, 0.1) is 18.4 Å². The molecule has 3 rings (SSSR count). The summed E-state index contributed by atoms with van der Waals surface area (Å²) in [6.45, 7) is 4.51. The minimum atomic E-state index is -1.07. The number of nitrogens with one attached hydrogen (secondary N) is 1. The van der Waals surface area contributed by atoms with Gasteiger partial charge >= 0.3 is 0 Å². The molecule has 2 aromatic carbocycles. The molecule has 1 aromatic heterocycles. The van der Waals surface area contributed by atoms with Crippen molar-refractivity contribution in [2.45, 2.75) is 33.5 Å². The van der Waals surface area contributed by atoms with E-state index >= 15 is 0 Å². The van der Waals surface area contributed by atoms with Gasteiger partial charge < -0.3 is 20.3 Å². The maximum Gasteiger partial charge on any atom is 0.276 e. The molecule has 1 atom stereocenters. The van der Waals surface area contributed by atoms with Crippen molar-refractivity contribution in [3.8, 4) is 11.6 Å². The highest BCUT2D eigenvalue weighted by Gasteiger charge is 2.18. The van der Waals surface area contributed by atoms with Crippen molar-refractivity contribution in [3.05, 3.63) is 85.1 Å².